The van der Waals surface area contributed by atoms with Crippen LogP contribution in [0.3, 0.4) is 0 Å². The van der Waals surface area contributed by atoms with E-state index < -0.39 is 0 Å². The van der Waals surface area contributed by atoms with E-state index in [1.165, 1.54) is 25.5 Å². The zero-order valence-corrected chi connectivity index (χ0v) is 8.47. The first-order valence-corrected chi connectivity index (χ1v) is 5.06. The normalized spacial score (nSPS) is 36.8. The molecule has 0 aromatic carbocycles. The van der Waals surface area contributed by atoms with Crippen molar-refractivity contribution in [2.75, 3.05) is 0 Å². The van der Waals surface area contributed by atoms with Crippen molar-refractivity contribution < 1.29 is 4.79 Å². The summed E-state index contributed by atoms with van der Waals surface area (Å²) in [5.41, 5.74) is -0.0214. The Hall–Kier alpha value is -0.330. The fourth-order valence-corrected chi connectivity index (χ4v) is 2.63. The Bertz CT molecular complexity index is 162. The lowest BCUT2D eigenvalue weighted by molar-refractivity contribution is -0.121. The summed E-state index contributed by atoms with van der Waals surface area (Å²) in [6, 6.07) is 0. The highest BCUT2D eigenvalue weighted by atomic mass is 16.1. The van der Waals surface area contributed by atoms with Crippen molar-refractivity contribution in [3.8, 4) is 0 Å². The molecule has 0 heterocycles. The van der Waals surface area contributed by atoms with Crippen LogP contribution in [0.4, 0.5) is 0 Å². The zero-order valence-electron chi connectivity index (χ0n) is 8.47. The van der Waals surface area contributed by atoms with E-state index in [4.69, 9.17) is 0 Å². The van der Waals surface area contributed by atoms with Crippen molar-refractivity contribution in [3.05, 3.63) is 0 Å². The standard InChI is InChI=1S/C11H20O/c1-9(2)10-6-4-5-7-11(10,3)8-12/h8-10H,4-7H2,1-3H3/t10?,11-/m1/s1. The van der Waals surface area contributed by atoms with E-state index in [0.717, 1.165) is 6.42 Å². The highest BCUT2D eigenvalue weighted by molar-refractivity contribution is 5.59. The number of rotatable bonds is 2. The Morgan fingerprint density at radius 2 is 2.08 bits per heavy atom. The van der Waals surface area contributed by atoms with Gasteiger partial charge in [-0.25, -0.2) is 0 Å². The SMILES string of the molecule is CC(C)C1CCCC[C@]1(C)C=O. The average Bonchev–Trinajstić information content (AvgIpc) is 2.05. The molecular weight excluding hydrogens is 148 g/mol. The molecule has 0 saturated heterocycles. The van der Waals surface area contributed by atoms with Crippen molar-refractivity contribution in [2.24, 2.45) is 17.3 Å². The zero-order chi connectivity index (χ0) is 9.19. The van der Waals surface area contributed by atoms with Gasteiger partial charge in [0.1, 0.15) is 6.29 Å². The maximum Gasteiger partial charge on any atom is 0.126 e. The van der Waals surface area contributed by atoms with Crippen molar-refractivity contribution in [1.29, 1.82) is 0 Å². The fourth-order valence-electron chi connectivity index (χ4n) is 2.63. The van der Waals surface area contributed by atoms with E-state index in [1.54, 1.807) is 0 Å². The van der Waals surface area contributed by atoms with Gasteiger partial charge in [0.2, 0.25) is 0 Å². The van der Waals surface area contributed by atoms with Gasteiger partial charge in [-0.2, -0.15) is 0 Å². The molecule has 0 spiro atoms. The second-order valence-corrected chi connectivity index (χ2v) is 4.72. The summed E-state index contributed by atoms with van der Waals surface area (Å²) in [7, 11) is 0. The average molecular weight is 168 g/mol. The Kier molecular flexibility index (Phi) is 2.92. The molecule has 1 rings (SSSR count). The van der Waals surface area contributed by atoms with Crippen LogP contribution >= 0.6 is 0 Å². The van der Waals surface area contributed by atoms with Gasteiger partial charge in [0.25, 0.3) is 0 Å². The maximum absolute atomic E-state index is 11.0. The lowest BCUT2D eigenvalue weighted by Crippen LogP contribution is -2.35. The first kappa shape index (κ1) is 9.76. The topological polar surface area (TPSA) is 17.1 Å². The molecule has 1 unspecified atom stereocenters. The molecule has 1 saturated carbocycles. The summed E-state index contributed by atoms with van der Waals surface area (Å²) in [6.45, 7) is 6.60. The number of aldehydes is 1. The van der Waals surface area contributed by atoms with Crippen LogP contribution in [0.1, 0.15) is 46.5 Å². The van der Waals surface area contributed by atoms with Gasteiger partial charge in [0.05, 0.1) is 0 Å². The minimum absolute atomic E-state index is 0.0214. The van der Waals surface area contributed by atoms with E-state index in [1.807, 2.05) is 0 Å². The molecule has 1 nitrogen and oxygen atoms in total. The lowest BCUT2D eigenvalue weighted by atomic mass is 9.64. The van der Waals surface area contributed by atoms with Gasteiger partial charge in [-0.3, -0.25) is 0 Å². The molecule has 0 aliphatic heterocycles. The van der Waals surface area contributed by atoms with Crippen LogP contribution in [0.15, 0.2) is 0 Å². The van der Waals surface area contributed by atoms with E-state index >= 15 is 0 Å². The third kappa shape index (κ3) is 1.70. The Labute approximate surface area is 75.5 Å². The number of hydrogen-bond donors (Lipinski definition) is 0. The van der Waals surface area contributed by atoms with E-state index in [2.05, 4.69) is 20.8 Å². The molecule has 0 bridgehead atoms. The van der Waals surface area contributed by atoms with Crippen molar-refractivity contribution >= 4 is 6.29 Å². The molecule has 12 heavy (non-hydrogen) atoms. The summed E-state index contributed by atoms with van der Waals surface area (Å²) in [6.07, 6.45) is 6.08. The molecule has 0 aromatic rings. The van der Waals surface area contributed by atoms with Crippen LogP contribution in [0.25, 0.3) is 0 Å². The summed E-state index contributed by atoms with van der Waals surface area (Å²) in [5, 5.41) is 0. The van der Waals surface area contributed by atoms with Crippen LogP contribution in [0, 0.1) is 17.3 Å². The van der Waals surface area contributed by atoms with Gasteiger partial charge in [0.15, 0.2) is 0 Å². The minimum atomic E-state index is -0.0214. The molecule has 1 fully saturated rings. The predicted molar refractivity (Wildman–Crippen MR) is 51.0 cm³/mol. The van der Waals surface area contributed by atoms with Gasteiger partial charge >= 0.3 is 0 Å². The molecule has 1 aliphatic rings. The Morgan fingerprint density at radius 1 is 1.42 bits per heavy atom. The monoisotopic (exact) mass is 168 g/mol. The quantitative estimate of drug-likeness (QED) is 0.579. The smallest absolute Gasteiger partial charge is 0.126 e. The molecule has 1 heteroatoms. The van der Waals surface area contributed by atoms with Gasteiger partial charge < -0.3 is 4.79 Å². The first-order chi connectivity index (χ1) is 5.60. The maximum atomic E-state index is 11.0. The highest BCUT2D eigenvalue weighted by Gasteiger charge is 2.37. The summed E-state index contributed by atoms with van der Waals surface area (Å²) < 4.78 is 0. The van der Waals surface area contributed by atoms with E-state index in [9.17, 15) is 4.79 Å². The first-order valence-electron chi connectivity index (χ1n) is 5.06. The van der Waals surface area contributed by atoms with E-state index in [0.29, 0.717) is 11.8 Å². The van der Waals surface area contributed by atoms with E-state index in [-0.39, 0.29) is 5.41 Å². The molecule has 70 valence electrons. The number of carbonyl (C=O) groups excluding carboxylic acids is 1. The number of hydrogen-bond acceptors (Lipinski definition) is 1. The highest BCUT2D eigenvalue weighted by Crippen LogP contribution is 2.43. The van der Waals surface area contributed by atoms with Crippen LogP contribution in [-0.4, -0.2) is 6.29 Å². The van der Waals surface area contributed by atoms with Gasteiger partial charge in [-0.05, 0) is 24.7 Å². The van der Waals surface area contributed by atoms with Crippen molar-refractivity contribution in [1.82, 2.24) is 0 Å². The molecule has 0 aromatic heterocycles. The molecule has 1 aliphatic carbocycles. The molecular formula is C11H20O. The van der Waals surface area contributed by atoms with Crippen LogP contribution in [0.2, 0.25) is 0 Å². The summed E-state index contributed by atoms with van der Waals surface area (Å²) in [4.78, 5) is 11.0. The lowest BCUT2D eigenvalue weighted by Gasteiger charge is -2.39. The van der Waals surface area contributed by atoms with Crippen molar-refractivity contribution in [3.63, 3.8) is 0 Å². The van der Waals surface area contributed by atoms with Crippen LogP contribution in [-0.2, 0) is 4.79 Å². The summed E-state index contributed by atoms with van der Waals surface area (Å²) >= 11 is 0. The molecule has 2 atom stereocenters. The second-order valence-electron chi connectivity index (χ2n) is 4.72. The Morgan fingerprint density at radius 3 is 2.50 bits per heavy atom. The van der Waals surface area contributed by atoms with Gasteiger partial charge in [-0.15, -0.1) is 0 Å². The third-order valence-corrected chi connectivity index (χ3v) is 3.40. The van der Waals surface area contributed by atoms with Gasteiger partial charge in [0, 0.05) is 5.41 Å². The van der Waals surface area contributed by atoms with Crippen LogP contribution in [0.5, 0.6) is 0 Å². The predicted octanol–water partition coefficient (Wildman–Crippen LogP) is 3.04. The molecule has 0 radical (unpaired) electrons. The van der Waals surface area contributed by atoms with Gasteiger partial charge in [-0.1, -0.05) is 33.6 Å². The number of carbonyl (C=O) groups is 1. The van der Waals surface area contributed by atoms with Crippen LogP contribution < -0.4 is 0 Å². The molecule has 0 amide bonds. The molecule has 0 N–H and O–H groups in total. The Balaban J connectivity index is 2.73. The third-order valence-electron chi connectivity index (χ3n) is 3.40. The fraction of sp³-hybridized carbons (Fsp3) is 0.909. The largest absolute Gasteiger partial charge is 0.303 e. The van der Waals surface area contributed by atoms with Crippen molar-refractivity contribution in [2.45, 2.75) is 46.5 Å². The summed E-state index contributed by atoms with van der Waals surface area (Å²) in [5.74, 6) is 1.27. The minimum Gasteiger partial charge on any atom is -0.303 e. The second kappa shape index (κ2) is 3.59.